The summed E-state index contributed by atoms with van der Waals surface area (Å²) in [5.74, 6) is 0.955. The molecular weight excluding hydrogens is 260 g/mol. The maximum Gasteiger partial charge on any atom is 0.291 e. The number of H-pyrrole nitrogens is 1. The molecule has 1 aliphatic carbocycles. The molecule has 1 fully saturated rings. The van der Waals surface area contributed by atoms with Gasteiger partial charge in [0.25, 0.3) is 5.91 Å². The van der Waals surface area contributed by atoms with Crippen molar-refractivity contribution in [2.75, 3.05) is 6.54 Å². The number of hydrogen-bond donors (Lipinski definition) is 1. The van der Waals surface area contributed by atoms with E-state index in [0.717, 1.165) is 13.0 Å². The highest BCUT2D eigenvalue weighted by molar-refractivity contribution is 7.10. The van der Waals surface area contributed by atoms with Crippen molar-refractivity contribution < 1.29 is 4.79 Å². The van der Waals surface area contributed by atoms with E-state index in [4.69, 9.17) is 0 Å². The minimum Gasteiger partial charge on any atom is -0.328 e. The van der Waals surface area contributed by atoms with E-state index in [1.807, 2.05) is 16.2 Å². The number of aromatic nitrogens is 3. The van der Waals surface area contributed by atoms with Gasteiger partial charge in [-0.2, -0.15) is 5.10 Å². The highest BCUT2D eigenvalue weighted by Gasteiger charge is 2.42. The molecule has 1 atom stereocenters. The molecule has 0 saturated heterocycles. The molecule has 3 heterocycles. The van der Waals surface area contributed by atoms with Crippen molar-refractivity contribution in [1.29, 1.82) is 0 Å². The fourth-order valence-electron chi connectivity index (χ4n) is 2.94. The summed E-state index contributed by atoms with van der Waals surface area (Å²) in [7, 11) is 0. The van der Waals surface area contributed by atoms with Gasteiger partial charge in [0.1, 0.15) is 6.33 Å². The lowest BCUT2D eigenvalue weighted by Gasteiger charge is -2.35. The van der Waals surface area contributed by atoms with Crippen LogP contribution in [0.15, 0.2) is 17.8 Å². The molecule has 0 spiro atoms. The summed E-state index contributed by atoms with van der Waals surface area (Å²) >= 11 is 1.81. The number of aromatic amines is 1. The smallest absolute Gasteiger partial charge is 0.291 e. The van der Waals surface area contributed by atoms with Crippen LogP contribution in [-0.4, -0.2) is 32.5 Å². The summed E-state index contributed by atoms with van der Waals surface area (Å²) < 4.78 is 0. The van der Waals surface area contributed by atoms with Gasteiger partial charge in [0.05, 0.1) is 6.04 Å². The minimum absolute atomic E-state index is 0.0220. The number of hydrogen-bond acceptors (Lipinski definition) is 4. The van der Waals surface area contributed by atoms with Gasteiger partial charge in [-0.25, -0.2) is 4.98 Å². The third-order valence-electron chi connectivity index (χ3n) is 3.96. The zero-order valence-electron chi connectivity index (χ0n) is 10.4. The average Bonchev–Trinajstić information content (AvgIpc) is 2.95. The molecule has 2 aliphatic rings. The molecule has 1 saturated carbocycles. The molecule has 1 unspecified atom stereocenters. The molecule has 2 aromatic heterocycles. The molecule has 1 N–H and O–H groups in total. The third kappa shape index (κ3) is 1.78. The second kappa shape index (κ2) is 4.16. The second-order valence-corrected chi connectivity index (χ2v) is 6.16. The quantitative estimate of drug-likeness (QED) is 0.911. The predicted octanol–water partition coefficient (Wildman–Crippen LogP) is 2.02. The first-order valence-corrected chi connectivity index (χ1v) is 7.45. The molecule has 0 bridgehead atoms. The molecule has 5 nitrogen and oxygen atoms in total. The fourth-order valence-corrected chi connectivity index (χ4v) is 3.85. The van der Waals surface area contributed by atoms with Crippen molar-refractivity contribution in [2.24, 2.45) is 5.92 Å². The molecule has 98 valence electrons. The van der Waals surface area contributed by atoms with E-state index in [-0.39, 0.29) is 11.9 Å². The molecule has 0 aromatic carbocycles. The van der Waals surface area contributed by atoms with Crippen molar-refractivity contribution >= 4 is 17.2 Å². The Kier molecular flexibility index (Phi) is 2.44. The summed E-state index contributed by atoms with van der Waals surface area (Å²) in [4.78, 5) is 19.9. The van der Waals surface area contributed by atoms with E-state index < -0.39 is 0 Å². The fraction of sp³-hybridized carbons (Fsp3) is 0.462. The van der Waals surface area contributed by atoms with Crippen molar-refractivity contribution in [2.45, 2.75) is 25.3 Å². The molecular formula is C13H14N4OS. The van der Waals surface area contributed by atoms with Gasteiger partial charge in [-0.1, -0.05) is 0 Å². The minimum atomic E-state index is -0.0220. The van der Waals surface area contributed by atoms with Gasteiger partial charge in [0.2, 0.25) is 5.82 Å². The van der Waals surface area contributed by atoms with E-state index in [1.54, 1.807) is 0 Å². The monoisotopic (exact) mass is 274 g/mol. The van der Waals surface area contributed by atoms with Crippen LogP contribution in [0.1, 0.15) is 39.9 Å². The Hall–Kier alpha value is -1.69. The number of carbonyl (C=O) groups is 1. The van der Waals surface area contributed by atoms with Crippen LogP contribution in [0, 0.1) is 5.92 Å². The van der Waals surface area contributed by atoms with Gasteiger partial charge in [-0.3, -0.25) is 9.89 Å². The summed E-state index contributed by atoms with van der Waals surface area (Å²) in [5, 5.41) is 8.60. The Balaban J connectivity index is 1.70. The molecule has 6 heteroatoms. The van der Waals surface area contributed by atoms with E-state index in [0.29, 0.717) is 11.7 Å². The number of carbonyl (C=O) groups excluding carboxylic acids is 1. The van der Waals surface area contributed by atoms with Crippen LogP contribution < -0.4 is 0 Å². The Morgan fingerprint density at radius 1 is 1.47 bits per heavy atom. The van der Waals surface area contributed by atoms with Gasteiger partial charge in [-0.05, 0) is 42.2 Å². The van der Waals surface area contributed by atoms with Gasteiger partial charge < -0.3 is 4.90 Å². The number of rotatable bonds is 2. The molecule has 2 aromatic rings. The van der Waals surface area contributed by atoms with E-state index in [2.05, 4.69) is 26.6 Å². The Morgan fingerprint density at radius 2 is 2.37 bits per heavy atom. The summed E-state index contributed by atoms with van der Waals surface area (Å²) in [5.41, 5.74) is 1.35. The van der Waals surface area contributed by atoms with Crippen LogP contribution in [0.3, 0.4) is 0 Å². The predicted molar refractivity (Wildman–Crippen MR) is 70.9 cm³/mol. The standard InChI is InChI=1S/C13H14N4OS/c18-13(12-14-7-15-16-12)17-5-3-10-9(4-6-19-10)11(17)8-1-2-8/h4,6-8,11H,1-3,5H2,(H,14,15,16). The zero-order chi connectivity index (χ0) is 12.8. The number of thiophene rings is 1. The number of nitrogens with zero attached hydrogens (tertiary/aromatic N) is 3. The zero-order valence-corrected chi connectivity index (χ0v) is 11.2. The highest BCUT2D eigenvalue weighted by atomic mass is 32.1. The van der Waals surface area contributed by atoms with Crippen LogP contribution >= 0.6 is 11.3 Å². The summed E-state index contributed by atoms with van der Waals surface area (Å²) in [6, 6.07) is 2.43. The first-order valence-electron chi connectivity index (χ1n) is 6.57. The van der Waals surface area contributed by atoms with E-state index in [9.17, 15) is 4.79 Å². The topological polar surface area (TPSA) is 61.9 Å². The number of amides is 1. The van der Waals surface area contributed by atoms with Gasteiger partial charge in [-0.15, -0.1) is 11.3 Å². The van der Waals surface area contributed by atoms with Crippen molar-refractivity contribution in [3.05, 3.63) is 34.0 Å². The third-order valence-corrected chi connectivity index (χ3v) is 4.96. The summed E-state index contributed by atoms with van der Waals surface area (Å²) in [6.45, 7) is 0.786. The SMILES string of the molecule is O=C(c1ncn[nH]1)N1CCc2sccc2C1C1CC1. The second-order valence-electron chi connectivity index (χ2n) is 5.16. The highest BCUT2D eigenvalue weighted by Crippen LogP contribution is 2.48. The van der Waals surface area contributed by atoms with Crippen LogP contribution in [0.5, 0.6) is 0 Å². The van der Waals surface area contributed by atoms with Crippen molar-refractivity contribution in [3.63, 3.8) is 0 Å². The number of fused-ring (bicyclic) bond motifs is 1. The normalized spacial score (nSPS) is 22.3. The maximum atomic E-state index is 12.5. The first-order chi connectivity index (χ1) is 9.34. The average molecular weight is 274 g/mol. The lowest BCUT2D eigenvalue weighted by Crippen LogP contribution is -2.41. The molecule has 0 radical (unpaired) electrons. The molecule has 1 amide bonds. The van der Waals surface area contributed by atoms with Crippen LogP contribution in [0.4, 0.5) is 0 Å². The van der Waals surface area contributed by atoms with Crippen LogP contribution in [-0.2, 0) is 6.42 Å². The Morgan fingerprint density at radius 3 is 3.11 bits per heavy atom. The van der Waals surface area contributed by atoms with E-state index >= 15 is 0 Å². The maximum absolute atomic E-state index is 12.5. The lowest BCUT2D eigenvalue weighted by molar-refractivity contribution is 0.0625. The Bertz CT molecular complexity index is 602. The van der Waals surface area contributed by atoms with Crippen molar-refractivity contribution in [3.8, 4) is 0 Å². The van der Waals surface area contributed by atoms with Gasteiger partial charge in [0.15, 0.2) is 0 Å². The summed E-state index contributed by atoms with van der Waals surface area (Å²) in [6.07, 6.45) is 4.79. The lowest BCUT2D eigenvalue weighted by atomic mass is 9.96. The molecule has 1 aliphatic heterocycles. The van der Waals surface area contributed by atoms with Crippen molar-refractivity contribution in [1.82, 2.24) is 20.1 Å². The van der Waals surface area contributed by atoms with E-state index in [1.165, 1.54) is 29.6 Å². The van der Waals surface area contributed by atoms with Crippen LogP contribution in [0.25, 0.3) is 0 Å². The largest absolute Gasteiger partial charge is 0.328 e. The van der Waals surface area contributed by atoms with Gasteiger partial charge in [0, 0.05) is 11.4 Å². The molecule has 19 heavy (non-hydrogen) atoms. The van der Waals surface area contributed by atoms with Gasteiger partial charge >= 0.3 is 0 Å². The van der Waals surface area contributed by atoms with Crippen LogP contribution in [0.2, 0.25) is 0 Å². The first kappa shape index (κ1) is 11.2. The Labute approximate surface area is 114 Å². The molecule has 4 rings (SSSR count). The number of nitrogens with one attached hydrogen (secondary N) is 1.